The lowest BCUT2D eigenvalue weighted by Crippen LogP contribution is -2.63. The van der Waals surface area contributed by atoms with E-state index in [9.17, 15) is 9.90 Å². The molecule has 2 aliphatic rings. The van der Waals surface area contributed by atoms with E-state index in [2.05, 4.69) is 24.1 Å². The number of β-amino-alcohol motifs (C(OH)–C–C–N with tert-alkyl or cyclic N) is 1. The Morgan fingerprint density at radius 1 is 1.62 bits per heavy atom. The number of carbonyl (C=O) groups excluding carboxylic acids is 1. The third-order valence-corrected chi connectivity index (χ3v) is 2.99. The molecule has 0 radical (unpaired) electrons. The average Bonchev–Trinajstić information content (AvgIpc) is 2.78. The first-order valence-corrected chi connectivity index (χ1v) is 4.82. The normalized spacial score (nSPS) is 32.3. The van der Waals surface area contributed by atoms with Crippen LogP contribution in [0.5, 0.6) is 0 Å². The average molecular weight is 184 g/mol. The van der Waals surface area contributed by atoms with E-state index < -0.39 is 6.23 Å². The van der Waals surface area contributed by atoms with Gasteiger partial charge in [-0.2, -0.15) is 0 Å². The maximum Gasteiger partial charge on any atom is 0.242 e. The summed E-state index contributed by atoms with van der Waals surface area (Å²) in [6.07, 6.45) is 1.18. The van der Waals surface area contributed by atoms with Crippen molar-refractivity contribution in [2.45, 2.75) is 44.5 Å². The summed E-state index contributed by atoms with van der Waals surface area (Å²) in [7, 11) is 0. The lowest BCUT2D eigenvalue weighted by atomic mass is 10.1. The van der Waals surface area contributed by atoms with Crippen molar-refractivity contribution in [3.63, 3.8) is 0 Å². The van der Waals surface area contributed by atoms with Crippen molar-refractivity contribution in [1.82, 2.24) is 10.2 Å². The van der Waals surface area contributed by atoms with Crippen molar-refractivity contribution in [3.05, 3.63) is 0 Å². The predicted molar refractivity (Wildman–Crippen MR) is 48.0 cm³/mol. The standard InChI is InChI=1S/C9H16N2O2/c1-6(2)11-5-7(12)10-8(13)9(11)3-4-9/h6-7,12H,3-5H2,1-2H3,(H,10,13). The monoisotopic (exact) mass is 184 g/mol. The van der Waals surface area contributed by atoms with E-state index in [0.717, 1.165) is 12.8 Å². The lowest BCUT2D eigenvalue weighted by Gasteiger charge is -2.40. The van der Waals surface area contributed by atoms with Crippen LogP contribution in [0.2, 0.25) is 0 Å². The number of nitrogens with zero attached hydrogens (tertiary/aromatic N) is 1. The van der Waals surface area contributed by atoms with Gasteiger partial charge in [-0.3, -0.25) is 9.69 Å². The molecule has 1 heterocycles. The van der Waals surface area contributed by atoms with Gasteiger partial charge in [0.05, 0.1) is 0 Å². The van der Waals surface area contributed by atoms with Gasteiger partial charge in [0.1, 0.15) is 11.8 Å². The summed E-state index contributed by atoms with van der Waals surface area (Å²) in [5.41, 5.74) is -0.270. The number of nitrogens with one attached hydrogen (secondary N) is 1. The molecule has 0 bridgehead atoms. The summed E-state index contributed by atoms with van der Waals surface area (Å²) >= 11 is 0. The lowest BCUT2D eigenvalue weighted by molar-refractivity contribution is -0.139. The molecule has 0 aromatic carbocycles. The Morgan fingerprint density at radius 3 is 2.69 bits per heavy atom. The Hall–Kier alpha value is -0.610. The Morgan fingerprint density at radius 2 is 2.23 bits per heavy atom. The number of carbonyl (C=O) groups is 1. The van der Waals surface area contributed by atoms with Crippen LogP contribution in [0.25, 0.3) is 0 Å². The SMILES string of the molecule is CC(C)N1CC(O)NC(=O)C12CC2. The quantitative estimate of drug-likeness (QED) is 0.587. The zero-order chi connectivity index (χ0) is 9.64. The van der Waals surface area contributed by atoms with Crippen molar-refractivity contribution >= 4 is 5.91 Å². The fraction of sp³-hybridized carbons (Fsp3) is 0.889. The van der Waals surface area contributed by atoms with Gasteiger partial charge in [0, 0.05) is 12.6 Å². The predicted octanol–water partition coefficient (Wildman–Crippen LogP) is -0.322. The highest BCUT2D eigenvalue weighted by molar-refractivity contribution is 5.90. The van der Waals surface area contributed by atoms with Gasteiger partial charge in [0.25, 0.3) is 0 Å². The van der Waals surface area contributed by atoms with Crippen molar-refractivity contribution in [1.29, 1.82) is 0 Å². The van der Waals surface area contributed by atoms with Crippen LogP contribution in [0.3, 0.4) is 0 Å². The molecular weight excluding hydrogens is 168 g/mol. The van der Waals surface area contributed by atoms with Crippen LogP contribution in [-0.2, 0) is 4.79 Å². The number of hydrogen-bond donors (Lipinski definition) is 2. The second-order valence-electron chi connectivity index (χ2n) is 4.27. The van der Waals surface area contributed by atoms with Gasteiger partial charge < -0.3 is 10.4 Å². The molecule has 2 fully saturated rings. The third kappa shape index (κ3) is 1.25. The Kier molecular flexibility index (Phi) is 1.85. The van der Waals surface area contributed by atoms with Crippen molar-refractivity contribution in [3.8, 4) is 0 Å². The van der Waals surface area contributed by atoms with Gasteiger partial charge >= 0.3 is 0 Å². The van der Waals surface area contributed by atoms with Crippen LogP contribution < -0.4 is 5.32 Å². The maximum atomic E-state index is 11.6. The summed E-state index contributed by atoms with van der Waals surface area (Å²) in [4.78, 5) is 13.7. The Balaban J connectivity index is 2.19. The number of hydrogen-bond acceptors (Lipinski definition) is 3. The number of rotatable bonds is 1. The minimum atomic E-state index is -0.693. The largest absolute Gasteiger partial charge is 0.372 e. The summed E-state index contributed by atoms with van der Waals surface area (Å²) in [5, 5.41) is 12.0. The first-order valence-electron chi connectivity index (χ1n) is 4.82. The van der Waals surface area contributed by atoms with E-state index in [0.29, 0.717) is 12.6 Å². The molecule has 74 valence electrons. The molecule has 1 spiro atoms. The van der Waals surface area contributed by atoms with Crippen LogP contribution in [0.1, 0.15) is 26.7 Å². The third-order valence-electron chi connectivity index (χ3n) is 2.99. The fourth-order valence-corrected chi connectivity index (χ4v) is 2.16. The van der Waals surface area contributed by atoms with Crippen LogP contribution in [0, 0.1) is 0 Å². The fourth-order valence-electron chi connectivity index (χ4n) is 2.16. The van der Waals surface area contributed by atoms with E-state index in [1.165, 1.54) is 0 Å². The molecule has 13 heavy (non-hydrogen) atoms. The zero-order valence-corrected chi connectivity index (χ0v) is 8.08. The highest BCUT2D eigenvalue weighted by atomic mass is 16.3. The highest BCUT2D eigenvalue weighted by Gasteiger charge is 2.58. The maximum absolute atomic E-state index is 11.6. The number of aliphatic hydroxyl groups excluding tert-OH is 1. The first kappa shape index (κ1) is 8.97. The molecule has 4 heteroatoms. The molecular formula is C9H16N2O2. The van der Waals surface area contributed by atoms with Crippen molar-refractivity contribution < 1.29 is 9.90 Å². The number of piperazine rings is 1. The molecule has 1 saturated heterocycles. The second kappa shape index (κ2) is 2.69. The molecule has 0 aromatic rings. The van der Waals surface area contributed by atoms with Gasteiger partial charge in [-0.1, -0.05) is 0 Å². The number of aliphatic hydroxyl groups is 1. The molecule has 4 nitrogen and oxygen atoms in total. The topological polar surface area (TPSA) is 52.6 Å². The van der Waals surface area contributed by atoms with E-state index in [-0.39, 0.29) is 11.4 Å². The summed E-state index contributed by atoms with van der Waals surface area (Å²) in [5.74, 6) is -0.0000463. The van der Waals surface area contributed by atoms with Crippen LogP contribution in [0.4, 0.5) is 0 Å². The zero-order valence-electron chi connectivity index (χ0n) is 8.08. The van der Waals surface area contributed by atoms with Gasteiger partial charge in [-0.05, 0) is 26.7 Å². The Bertz CT molecular complexity index is 236. The summed E-state index contributed by atoms with van der Waals surface area (Å²) in [6, 6.07) is 0.322. The molecule has 0 aromatic heterocycles. The first-order chi connectivity index (χ1) is 6.06. The van der Waals surface area contributed by atoms with Gasteiger partial charge in [0.15, 0.2) is 0 Å². The highest BCUT2D eigenvalue weighted by Crippen LogP contribution is 2.44. The summed E-state index contributed by atoms with van der Waals surface area (Å²) < 4.78 is 0. The Labute approximate surface area is 77.9 Å². The summed E-state index contributed by atoms with van der Waals surface area (Å²) in [6.45, 7) is 4.68. The minimum absolute atomic E-state index is 0.0000463. The molecule has 2 N–H and O–H groups in total. The van der Waals surface area contributed by atoms with Gasteiger partial charge in [-0.25, -0.2) is 0 Å². The molecule has 1 atom stereocenters. The smallest absolute Gasteiger partial charge is 0.242 e. The number of amides is 1. The van der Waals surface area contributed by atoms with E-state index in [1.54, 1.807) is 0 Å². The minimum Gasteiger partial charge on any atom is -0.372 e. The molecule has 1 saturated carbocycles. The van der Waals surface area contributed by atoms with Gasteiger partial charge in [0.2, 0.25) is 5.91 Å². The second-order valence-corrected chi connectivity index (χ2v) is 4.27. The van der Waals surface area contributed by atoms with E-state index in [1.807, 2.05) is 0 Å². The van der Waals surface area contributed by atoms with Gasteiger partial charge in [-0.15, -0.1) is 0 Å². The molecule has 1 unspecified atom stereocenters. The van der Waals surface area contributed by atoms with Crippen LogP contribution >= 0.6 is 0 Å². The van der Waals surface area contributed by atoms with E-state index in [4.69, 9.17) is 0 Å². The molecule has 2 rings (SSSR count). The van der Waals surface area contributed by atoms with Crippen molar-refractivity contribution in [2.75, 3.05) is 6.54 Å². The van der Waals surface area contributed by atoms with Crippen molar-refractivity contribution in [2.24, 2.45) is 0 Å². The van der Waals surface area contributed by atoms with Crippen LogP contribution in [-0.4, -0.2) is 40.3 Å². The molecule has 1 amide bonds. The van der Waals surface area contributed by atoms with Crippen LogP contribution in [0.15, 0.2) is 0 Å². The molecule has 1 aliphatic heterocycles. The molecule has 1 aliphatic carbocycles. The van der Waals surface area contributed by atoms with E-state index >= 15 is 0 Å².